The van der Waals surface area contributed by atoms with Gasteiger partial charge in [-0.25, -0.2) is 0 Å². The van der Waals surface area contributed by atoms with E-state index in [1.54, 1.807) is 12.2 Å². The van der Waals surface area contributed by atoms with Gasteiger partial charge in [0.2, 0.25) is 0 Å². The smallest absolute Gasteiger partial charge is 0.258 e. The average Bonchev–Trinajstić information content (AvgIpc) is 2.19. The maximum atomic E-state index is 14.5. The Kier molecular flexibility index (Phi) is 4.50. The lowest BCUT2D eigenvalue weighted by atomic mass is 10.2. The van der Waals surface area contributed by atoms with Crippen molar-refractivity contribution in [3.8, 4) is 0 Å². The summed E-state index contributed by atoms with van der Waals surface area (Å²) in [5.74, 6) is 0. The van der Waals surface area contributed by atoms with Crippen molar-refractivity contribution in [2.45, 2.75) is 18.1 Å². The van der Waals surface area contributed by atoms with Gasteiger partial charge in [0.15, 0.2) is 0 Å². The quantitative estimate of drug-likeness (QED) is 0.385. The number of hydrogen-bond acceptors (Lipinski definition) is 0. The summed E-state index contributed by atoms with van der Waals surface area (Å²) in [6.45, 7) is 7.26. The Morgan fingerprint density at radius 3 is 2.07 bits per heavy atom. The molecule has 0 aromatic heterocycles. The molecular formula is C13H17FSi. The first-order chi connectivity index (χ1) is 7.20. The molecular weight excluding hydrogens is 203 g/mol. The Hall–Kier alpha value is -1.15. The van der Waals surface area contributed by atoms with Gasteiger partial charge in [0.1, 0.15) is 0 Å². The maximum absolute atomic E-state index is 14.5. The molecule has 1 aromatic carbocycles. The number of hydrogen-bond donors (Lipinski definition) is 0. The zero-order valence-corrected chi connectivity index (χ0v) is 9.95. The molecule has 1 aromatic rings. The van der Waals surface area contributed by atoms with E-state index in [9.17, 15) is 4.11 Å². The van der Waals surface area contributed by atoms with Gasteiger partial charge in [-0.1, -0.05) is 42.5 Å². The van der Waals surface area contributed by atoms with Crippen molar-refractivity contribution in [1.82, 2.24) is 0 Å². The monoisotopic (exact) mass is 220 g/mol. The van der Waals surface area contributed by atoms with Crippen molar-refractivity contribution < 1.29 is 4.11 Å². The minimum Gasteiger partial charge on any atom is -0.313 e. The van der Waals surface area contributed by atoms with Gasteiger partial charge >= 0.3 is 0 Å². The minimum absolute atomic E-state index is 0.508. The molecule has 0 saturated heterocycles. The number of halogens is 1. The summed E-state index contributed by atoms with van der Waals surface area (Å²) < 4.78 is 14.5. The third-order valence-corrected chi connectivity index (χ3v) is 5.47. The highest BCUT2D eigenvalue weighted by Crippen LogP contribution is 2.23. The molecule has 0 fully saturated rings. The lowest BCUT2D eigenvalue weighted by Gasteiger charge is -2.19. The molecule has 0 amide bonds. The van der Waals surface area contributed by atoms with Crippen LogP contribution in [-0.4, -0.2) is 8.41 Å². The highest BCUT2D eigenvalue weighted by atomic mass is 28.4. The summed E-state index contributed by atoms with van der Waals surface area (Å²) in [4.78, 5) is 0. The molecule has 0 saturated carbocycles. The van der Waals surface area contributed by atoms with E-state index in [0.29, 0.717) is 18.1 Å². The van der Waals surface area contributed by atoms with Gasteiger partial charge < -0.3 is 4.11 Å². The molecule has 0 bridgehead atoms. The molecule has 1 rings (SSSR count). The summed E-state index contributed by atoms with van der Waals surface area (Å²) in [5, 5.41) is 0. The average molecular weight is 220 g/mol. The van der Waals surface area contributed by atoms with Crippen LogP contribution in [0.2, 0.25) is 12.1 Å². The van der Waals surface area contributed by atoms with Crippen LogP contribution < -0.4 is 0 Å². The Bertz CT molecular complexity index is 309. The Labute approximate surface area is 92.3 Å². The highest BCUT2D eigenvalue weighted by molar-refractivity contribution is 6.73. The molecule has 15 heavy (non-hydrogen) atoms. The standard InChI is InChI=1S/C13H17FSi/c1-3-10-15(14,11-4-2)12-13-8-6-5-7-9-13/h3-9H,1-2,10-12H2. The summed E-state index contributed by atoms with van der Waals surface area (Å²) in [5.41, 5.74) is 1.08. The van der Waals surface area contributed by atoms with Gasteiger partial charge in [-0.05, 0) is 23.7 Å². The van der Waals surface area contributed by atoms with Crippen LogP contribution in [-0.2, 0) is 6.04 Å². The lowest BCUT2D eigenvalue weighted by molar-refractivity contribution is 0.764. The number of rotatable bonds is 6. The van der Waals surface area contributed by atoms with E-state index in [0.717, 1.165) is 5.56 Å². The minimum atomic E-state index is -2.73. The molecule has 0 heterocycles. The molecule has 0 aliphatic rings. The first-order valence-corrected chi connectivity index (χ1v) is 7.65. The second kappa shape index (κ2) is 5.66. The molecule has 0 unspecified atom stereocenters. The lowest BCUT2D eigenvalue weighted by Crippen LogP contribution is -2.30. The molecule has 0 N–H and O–H groups in total. The van der Waals surface area contributed by atoms with E-state index in [2.05, 4.69) is 13.2 Å². The van der Waals surface area contributed by atoms with Crippen LogP contribution in [0, 0.1) is 0 Å². The number of benzene rings is 1. The third kappa shape index (κ3) is 3.84. The molecule has 0 radical (unpaired) electrons. The predicted octanol–water partition coefficient (Wildman–Crippen LogP) is 4.06. The molecule has 0 aliphatic carbocycles. The fourth-order valence-electron chi connectivity index (χ4n) is 1.71. The second-order valence-corrected chi connectivity index (χ2v) is 7.27. The van der Waals surface area contributed by atoms with Gasteiger partial charge in [-0.15, -0.1) is 13.2 Å². The SMILES string of the molecule is C=CC[Si](F)(CC=C)Cc1ccccc1. The summed E-state index contributed by atoms with van der Waals surface area (Å²) in [7, 11) is -2.73. The van der Waals surface area contributed by atoms with Crippen molar-refractivity contribution in [2.75, 3.05) is 0 Å². The van der Waals surface area contributed by atoms with Crippen molar-refractivity contribution in [3.05, 3.63) is 61.2 Å². The summed E-state index contributed by atoms with van der Waals surface area (Å²) >= 11 is 0. The van der Waals surface area contributed by atoms with E-state index in [1.165, 1.54) is 0 Å². The van der Waals surface area contributed by atoms with E-state index in [1.807, 2.05) is 30.3 Å². The van der Waals surface area contributed by atoms with E-state index in [-0.39, 0.29) is 0 Å². The van der Waals surface area contributed by atoms with Gasteiger partial charge in [-0.3, -0.25) is 0 Å². The first kappa shape index (κ1) is 11.9. The van der Waals surface area contributed by atoms with Gasteiger partial charge in [0.25, 0.3) is 8.41 Å². The van der Waals surface area contributed by atoms with Crippen LogP contribution in [0.25, 0.3) is 0 Å². The molecule has 0 atom stereocenters. The van der Waals surface area contributed by atoms with E-state index >= 15 is 0 Å². The van der Waals surface area contributed by atoms with Gasteiger partial charge in [0.05, 0.1) is 0 Å². The van der Waals surface area contributed by atoms with Crippen LogP contribution in [0.4, 0.5) is 4.11 Å². The van der Waals surface area contributed by atoms with Crippen LogP contribution in [0.15, 0.2) is 55.6 Å². The predicted molar refractivity (Wildman–Crippen MR) is 67.0 cm³/mol. The highest BCUT2D eigenvalue weighted by Gasteiger charge is 2.31. The Morgan fingerprint density at radius 2 is 1.60 bits per heavy atom. The summed E-state index contributed by atoms with van der Waals surface area (Å²) in [6.07, 6.45) is 3.39. The van der Waals surface area contributed by atoms with Crippen LogP contribution in [0.1, 0.15) is 5.56 Å². The molecule has 0 aliphatic heterocycles. The largest absolute Gasteiger partial charge is 0.313 e. The molecule has 0 nitrogen and oxygen atoms in total. The van der Waals surface area contributed by atoms with Gasteiger partial charge in [0, 0.05) is 0 Å². The van der Waals surface area contributed by atoms with Crippen molar-refractivity contribution in [2.24, 2.45) is 0 Å². The molecule has 0 spiro atoms. The Balaban J connectivity index is 2.74. The van der Waals surface area contributed by atoms with E-state index in [4.69, 9.17) is 0 Å². The molecule has 80 valence electrons. The zero-order chi connectivity index (χ0) is 11.1. The van der Waals surface area contributed by atoms with Crippen molar-refractivity contribution >= 4 is 8.41 Å². The fraction of sp³-hybridized carbons (Fsp3) is 0.231. The van der Waals surface area contributed by atoms with Gasteiger partial charge in [-0.2, -0.15) is 0 Å². The third-order valence-electron chi connectivity index (χ3n) is 2.38. The van der Waals surface area contributed by atoms with Crippen molar-refractivity contribution in [3.63, 3.8) is 0 Å². The van der Waals surface area contributed by atoms with E-state index < -0.39 is 8.41 Å². The topological polar surface area (TPSA) is 0 Å². The van der Waals surface area contributed by atoms with Crippen molar-refractivity contribution in [1.29, 1.82) is 0 Å². The zero-order valence-electron chi connectivity index (χ0n) is 8.95. The fourth-order valence-corrected chi connectivity index (χ4v) is 4.16. The van der Waals surface area contributed by atoms with Crippen LogP contribution in [0.5, 0.6) is 0 Å². The Morgan fingerprint density at radius 1 is 1.07 bits per heavy atom. The van der Waals surface area contributed by atoms with Crippen LogP contribution >= 0.6 is 0 Å². The van der Waals surface area contributed by atoms with Crippen LogP contribution in [0.3, 0.4) is 0 Å². The second-order valence-electron chi connectivity index (χ2n) is 3.80. The maximum Gasteiger partial charge on any atom is 0.258 e. The first-order valence-electron chi connectivity index (χ1n) is 5.15. The molecule has 2 heteroatoms. The summed E-state index contributed by atoms with van der Waals surface area (Å²) in [6, 6.07) is 11.4. The number of allylic oxidation sites excluding steroid dienone is 2. The normalized spacial score (nSPS) is 11.0.